The fourth-order valence-electron chi connectivity index (χ4n) is 3.67. The third kappa shape index (κ3) is 1.88. The first-order chi connectivity index (χ1) is 8.73. The molecule has 1 saturated carbocycles. The van der Waals surface area contributed by atoms with Crippen molar-refractivity contribution in [3.63, 3.8) is 0 Å². The Morgan fingerprint density at radius 3 is 2.50 bits per heavy atom. The highest BCUT2D eigenvalue weighted by atomic mass is 16.5. The molecule has 1 aromatic carbocycles. The Morgan fingerprint density at radius 1 is 1.17 bits per heavy atom. The van der Waals surface area contributed by atoms with Crippen molar-refractivity contribution in [3.05, 3.63) is 35.9 Å². The largest absolute Gasteiger partial charge is 0.370 e. The highest BCUT2D eigenvalue weighted by Crippen LogP contribution is 2.43. The number of morpholine rings is 1. The van der Waals surface area contributed by atoms with Crippen molar-refractivity contribution in [3.8, 4) is 0 Å². The van der Waals surface area contributed by atoms with E-state index in [0.717, 1.165) is 6.61 Å². The first kappa shape index (κ1) is 12.2. The van der Waals surface area contributed by atoms with Gasteiger partial charge in [0.15, 0.2) is 0 Å². The van der Waals surface area contributed by atoms with Crippen LogP contribution in [0.4, 0.5) is 0 Å². The monoisotopic (exact) mass is 245 g/mol. The summed E-state index contributed by atoms with van der Waals surface area (Å²) in [6, 6.07) is 11.1. The normalized spacial score (nSPS) is 31.9. The van der Waals surface area contributed by atoms with Crippen LogP contribution in [0.25, 0.3) is 0 Å². The van der Waals surface area contributed by atoms with Crippen LogP contribution >= 0.6 is 0 Å². The molecule has 1 aromatic rings. The van der Waals surface area contributed by atoms with Gasteiger partial charge in [-0.1, -0.05) is 43.2 Å². The molecule has 1 saturated heterocycles. The number of likely N-dealkylation sites (N-methyl/N-ethyl adjacent to an activating group) is 1. The lowest BCUT2D eigenvalue weighted by molar-refractivity contribution is -0.134. The van der Waals surface area contributed by atoms with Crippen LogP contribution in [0.5, 0.6) is 0 Å². The molecule has 0 bridgehead atoms. The van der Waals surface area contributed by atoms with Crippen LogP contribution in [0, 0.1) is 0 Å². The van der Waals surface area contributed by atoms with Crippen molar-refractivity contribution < 1.29 is 4.74 Å². The minimum atomic E-state index is 0.224. The van der Waals surface area contributed by atoms with Crippen LogP contribution in [0.1, 0.15) is 44.3 Å². The molecule has 3 rings (SSSR count). The van der Waals surface area contributed by atoms with Gasteiger partial charge in [0, 0.05) is 11.6 Å². The molecular weight excluding hydrogens is 222 g/mol. The van der Waals surface area contributed by atoms with Gasteiger partial charge in [-0.05, 0) is 32.4 Å². The van der Waals surface area contributed by atoms with Crippen LogP contribution < -0.4 is 0 Å². The molecule has 0 unspecified atom stereocenters. The number of rotatable bonds is 1. The minimum absolute atomic E-state index is 0.224. The molecule has 2 aliphatic rings. The molecule has 0 radical (unpaired) electrons. The van der Waals surface area contributed by atoms with Gasteiger partial charge in [-0.15, -0.1) is 0 Å². The lowest BCUT2D eigenvalue weighted by Crippen LogP contribution is -2.58. The average Bonchev–Trinajstić information content (AvgIpc) is 2.87. The molecule has 0 amide bonds. The van der Waals surface area contributed by atoms with E-state index >= 15 is 0 Å². The van der Waals surface area contributed by atoms with E-state index in [1.165, 1.54) is 31.2 Å². The Bertz CT molecular complexity index is 397. The van der Waals surface area contributed by atoms with Crippen LogP contribution in [0.3, 0.4) is 0 Å². The van der Waals surface area contributed by atoms with Gasteiger partial charge in [0.05, 0.1) is 12.7 Å². The standard InChI is InChI=1S/C16H23NO/c1-13-15(14-8-4-3-5-9-14)18-12-16(17(13)2)10-6-7-11-16/h3-5,8-9,13,15H,6-7,10-12H2,1-2H3/t13-,15+/m0/s1. The zero-order valence-electron chi connectivity index (χ0n) is 11.4. The Morgan fingerprint density at radius 2 is 1.83 bits per heavy atom. The third-order valence-corrected chi connectivity index (χ3v) is 4.99. The molecule has 0 N–H and O–H groups in total. The Balaban J connectivity index is 1.82. The van der Waals surface area contributed by atoms with Gasteiger partial charge < -0.3 is 4.74 Å². The predicted octanol–water partition coefficient (Wildman–Crippen LogP) is 3.39. The van der Waals surface area contributed by atoms with Crippen molar-refractivity contribution in [2.45, 2.75) is 50.3 Å². The van der Waals surface area contributed by atoms with Crippen LogP contribution in [0.15, 0.2) is 30.3 Å². The summed E-state index contributed by atoms with van der Waals surface area (Å²) in [5, 5.41) is 0. The van der Waals surface area contributed by atoms with Crippen molar-refractivity contribution in [1.29, 1.82) is 0 Å². The van der Waals surface area contributed by atoms with E-state index < -0.39 is 0 Å². The van der Waals surface area contributed by atoms with Gasteiger partial charge in [0.25, 0.3) is 0 Å². The lowest BCUT2D eigenvalue weighted by atomic mass is 9.89. The molecule has 1 spiro atoms. The van der Waals surface area contributed by atoms with Crippen molar-refractivity contribution in [1.82, 2.24) is 4.90 Å². The average molecular weight is 245 g/mol. The molecule has 1 heterocycles. The molecule has 18 heavy (non-hydrogen) atoms. The summed E-state index contributed by atoms with van der Waals surface area (Å²) >= 11 is 0. The highest BCUT2D eigenvalue weighted by molar-refractivity contribution is 5.20. The van der Waals surface area contributed by atoms with E-state index in [4.69, 9.17) is 4.74 Å². The van der Waals surface area contributed by atoms with Crippen LogP contribution in [-0.4, -0.2) is 30.1 Å². The second-order valence-electron chi connectivity index (χ2n) is 5.93. The first-order valence-corrected chi connectivity index (χ1v) is 7.12. The molecule has 1 aliphatic heterocycles. The Hall–Kier alpha value is -0.860. The topological polar surface area (TPSA) is 12.5 Å². The van der Waals surface area contributed by atoms with Gasteiger partial charge in [-0.25, -0.2) is 0 Å². The maximum absolute atomic E-state index is 6.24. The summed E-state index contributed by atoms with van der Waals surface area (Å²) in [5.41, 5.74) is 1.63. The Kier molecular flexibility index (Phi) is 3.16. The first-order valence-electron chi connectivity index (χ1n) is 7.12. The molecule has 2 heteroatoms. The van der Waals surface area contributed by atoms with Crippen molar-refractivity contribution >= 4 is 0 Å². The molecule has 2 fully saturated rings. The summed E-state index contributed by atoms with van der Waals surface area (Å²) < 4.78 is 6.24. The van der Waals surface area contributed by atoms with Gasteiger partial charge in [0.2, 0.25) is 0 Å². The van der Waals surface area contributed by atoms with Gasteiger partial charge >= 0.3 is 0 Å². The summed E-state index contributed by atoms with van der Waals surface area (Å²) in [4.78, 5) is 2.58. The molecule has 0 aromatic heterocycles. The number of hydrogen-bond donors (Lipinski definition) is 0. The van der Waals surface area contributed by atoms with E-state index in [1.54, 1.807) is 0 Å². The fraction of sp³-hybridized carbons (Fsp3) is 0.625. The zero-order chi connectivity index (χ0) is 12.6. The highest BCUT2D eigenvalue weighted by Gasteiger charge is 2.46. The van der Waals surface area contributed by atoms with Crippen LogP contribution in [0.2, 0.25) is 0 Å². The number of hydrogen-bond acceptors (Lipinski definition) is 2. The van der Waals surface area contributed by atoms with Crippen molar-refractivity contribution in [2.24, 2.45) is 0 Å². The third-order valence-electron chi connectivity index (χ3n) is 4.99. The van der Waals surface area contributed by atoms with E-state index in [-0.39, 0.29) is 6.10 Å². The van der Waals surface area contributed by atoms with Gasteiger partial charge in [-0.3, -0.25) is 4.90 Å². The van der Waals surface area contributed by atoms with Gasteiger partial charge in [-0.2, -0.15) is 0 Å². The molecular formula is C16H23NO. The van der Waals surface area contributed by atoms with E-state index in [2.05, 4.69) is 49.2 Å². The van der Waals surface area contributed by atoms with E-state index in [9.17, 15) is 0 Å². The fourth-order valence-corrected chi connectivity index (χ4v) is 3.67. The molecule has 2 atom stereocenters. The van der Waals surface area contributed by atoms with Gasteiger partial charge in [0.1, 0.15) is 0 Å². The maximum Gasteiger partial charge on any atom is 0.0978 e. The molecule has 2 nitrogen and oxygen atoms in total. The SMILES string of the molecule is C[C@H]1[C@H](c2ccccc2)OCC2(CCCC2)N1C. The van der Waals surface area contributed by atoms with Crippen molar-refractivity contribution in [2.75, 3.05) is 13.7 Å². The lowest BCUT2D eigenvalue weighted by Gasteiger charge is -2.50. The predicted molar refractivity (Wildman–Crippen MR) is 73.6 cm³/mol. The number of ether oxygens (including phenoxy) is 1. The minimum Gasteiger partial charge on any atom is -0.370 e. The molecule has 1 aliphatic carbocycles. The second-order valence-corrected chi connectivity index (χ2v) is 5.93. The summed E-state index contributed by atoms with van der Waals surface area (Å²) in [6.07, 6.45) is 5.54. The zero-order valence-corrected chi connectivity index (χ0v) is 11.4. The summed E-state index contributed by atoms with van der Waals surface area (Å²) in [6.45, 7) is 3.20. The van der Waals surface area contributed by atoms with E-state index in [1.807, 2.05) is 0 Å². The summed E-state index contributed by atoms with van der Waals surface area (Å²) in [5.74, 6) is 0. The maximum atomic E-state index is 6.24. The van der Waals surface area contributed by atoms with Crippen LogP contribution in [-0.2, 0) is 4.74 Å². The number of benzene rings is 1. The molecule has 98 valence electrons. The van der Waals surface area contributed by atoms with E-state index in [0.29, 0.717) is 11.6 Å². The Labute approximate surface area is 110 Å². The quantitative estimate of drug-likeness (QED) is 0.752. The number of nitrogens with zero attached hydrogens (tertiary/aromatic N) is 1. The smallest absolute Gasteiger partial charge is 0.0978 e. The second kappa shape index (κ2) is 4.67. The summed E-state index contributed by atoms with van der Waals surface area (Å²) in [7, 11) is 2.29.